The molecule has 0 aromatic heterocycles. The molecule has 1 fully saturated rings. The maximum Gasteiger partial charge on any atom is 0.332 e. The summed E-state index contributed by atoms with van der Waals surface area (Å²) in [6.07, 6.45) is -6.11. The van der Waals surface area contributed by atoms with Gasteiger partial charge in [-0.2, -0.15) is 0 Å². The van der Waals surface area contributed by atoms with Gasteiger partial charge in [0, 0.05) is 0 Å². The third-order valence-electron chi connectivity index (χ3n) is 2.63. The van der Waals surface area contributed by atoms with Crippen molar-refractivity contribution < 1.29 is 34.7 Å². The van der Waals surface area contributed by atoms with Gasteiger partial charge in [0.25, 0.3) is 0 Å². The number of ether oxygens (including phenoxy) is 2. The van der Waals surface area contributed by atoms with Gasteiger partial charge in [-0.1, -0.05) is 0 Å². The van der Waals surface area contributed by atoms with Crippen LogP contribution >= 0.6 is 0 Å². The summed E-state index contributed by atoms with van der Waals surface area (Å²) in [5.41, 5.74) is 5.54. The normalized spacial score (nSPS) is 39.9. The maximum atomic E-state index is 10.6. The van der Waals surface area contributed by atoms with Gasteiger partial charge in [-0.25, -0.2) is 4.79 Å². The van der Waals surface area contributed by atoms with Crippen molar-refractivity contribution in [1.82, 2.24) is 0 Å². The first kappa shape index (κ1) is 14.3. The van der Waals surface area contributed by atoms with E-state index in [0.29, 0.717) is 0 Å². The first-order chi connectivity index (χ1) is 7.88. The average molecular weight is 251 g/mol. The second kappa shape index (κ2) is 5.71. The van der Waals surface area contributed by atoms with E-state index in [0.717, 1.165) is 0 Å². The highest BCUT2D eigenvalue weighted by atomic mass is 16.6. The fourth-order valence-corrected chi connectivity index (χ4v) is 1.57. The Balaban J connectivity index is 2.74. The summed E-state index contributed by atoms with van der Waals surface area (Å²) in [6.45, 7) is 0.740. The topological polar surface area (TPSA) is 142 Å². The molecule has 0 aromatic rings. The summed E-state index contributed by atoms with van der Waals surface area (Å²) in [6, 6.07) is -1.09. The Morgan fingerprint density at radius 2 is 2.12 bits per heavy atom. The van der Waals surface area contributed by atoms with Crippen molar-refractivity contribution in [2.45, 2.75) is 43.7 Å². The second-order valence-electron chi connectivity index (χ2n) is 3.90. The number of hydrogen-bond donors (Lipinski definition) is 5. The molecule has 0 aliphatic carbocycles. The van der Waals surface area contributed by atoms with Crippen LogP contribution in [0.15, 0.2) is 0 Å². The maximum absolute atomic E-state index is 10.6. The van der Waals surface area contributed by atoms with Crippen LogP contribution in [0.2, 0.25) is 0 Å². The quantitative estimate of drug-likeness (QED) is 0.361. The molecular weight excluding hydrogens is 234 g/mol. The van der Waals surface area contributed by atoms with E-state index in [-0.39, 0.29) is 0 Å². The standard InChI is InChI=1S/C9H17NO7/c1-3(8(13)14)16-7-5(10)9(15)17-4(2-11)6(7)12/h3-7,9,11-12,15H,2,10H2,1H3,(H,13,14)/t3-,4?,5?,6?,7?,9?/m1/s1. The van der Waals surface area contributed by atoms with Crippen molar-refractivity contribution >= 4 is 5.97 Å². The Hall–Kier alpha value is -0.770. The summed E-state index contributed by atoms with van der Waals surface area (Å²) < 4.78 is 9.89. The monoisotopic (exact) mass is 251 g/mol. The highest BCUT2D eigenvalue weighted by Crippen LogP contribution is 2.22. The second-order valence-corrected chi connectivity index (χ2v) is 3.90. The molecule has 8 heteroatoms. The molecule has 17 heavy (non-hydrogen) atoms. The van der Waals surface area contributed by atoms with E-state index in [1.807, 2.05) is 0 Å². The molecule has 0 aromatic carbocycles. The van der Waals surface area contributed by atoms with E-state index in [4.69, 9.17) is 25.4 Å². The van der Waals surface area contributed by atoms with Crippen LogP contribution in [0.25, 0.3) is 0 Å². The smallest absolute Gasteiger partial charge is 0.332 e. The van der Waals surface area contributed by atoms with Gasteiger partial charge in [-0.3, -0.25) is 0 Å². The summed E-state index contributed by atoms with van der Waals surface area (Å²) in [5, 5.41) is 36.8. The van der Waals surface area contributed by atoms with E-state index in [9.17, 15) is 15.0 Å². The van der Waals surface area contributed by atoms with Crippen LogP contribution in [0.5, 0.6) is 0 Å². The molecule has 100 valence electrons. The molecule has 8 nitrogen and oxygen atoms in total. The number of carbonyl (C=O) groups is 1. The van der Waals surface area contributed by atoms with Gasteiger partial charge >= 0.3 is 5.97 Å². The van der Waals surface area contributed by atoms with Gasteiger partial charge < -0.3 is 35.6 Å². The van der Waals surface area contributed by atoms with E-state index < -0.39 is 49.3 Å². The van der Waals surface area contributed by atoms with Crippen molar-refractivity contribution in [2.75, 3.05) is 6.61 Å². The Kier molecular flexibility index (Phi) is 4.80. The fraction of sp³-hybridized carbons (Fsp3) is 0.889. The van der Waals surface area contributed by atoms with Gasteiger partial charge in [-0.05, 0) is 6.92 Å². The third-order valence-corrected chi connectivity index (χ3v) is 2.63. The Morgan fingerprint density at radius 3 is 2.59 bits per heavy atom. The number of aliphatic hydroxyl groups is 3. The first-order valence-corrected chi connectivity index (χ1v) is 5.14. The van der Waals surface area contributed by atoms with E-state index in [1.54, 1.807) is 0 Å². The molecule has 1 rings (SSSR count). The number of carboxylic acid groups (broad SMARTS) is 1. The minimum atomic E-state index is -1.43. The SMILES string of the molecule is C[C@@H](OC1C(N)C(O)OC(CO)C1O)C(=O)O. The molecular formula is C9H17NO7. The van der Waals surface area contributed by atoms with Crippen molar-refractivity contribution in [3.05, 3.63) is 0 Å². The van der Waals surface area contributed by atoms with E-state index in [1.165, 1.54) is 6.92 Å². The summed E-state index contributed by atoms with van der Waals surface area (Å²) in [5.74, 6) is -1.22. The highest BCUT2D eigenvalue weighted by Gasteiger charge is 2.44. The van der Waals surface area contributed by atoms with E-state index >= 15 is 0 Å². The molecule has 6 N–H and O–H groups in total. The predicted molar refractivity (Wildman–Crippen MR) is 53.9 cm³/mol. The molecule has 0 bridgehead atoms. The zero-order valence-electron chi connectivity index (χ0n) is 9.26. The largest absolute Gasteiger partial charge is 0.479 e. The molecule has 1 aliphatic rings. The molecule has 0 saturated carbocycles. The molecule has 5 unspecified atom stereocenters. The number of carboxylic acids is 1. The minimum Gasteiger partial charge on any atom is -0.479 e. The first-order valence-electron chi connectivity index (χ1n) is 5.14. The summed E-state index contributed by atoms with van der Waals surface area (Å²) in [7, 11) is 0. The van der Waals surface area contributed by atoms with Crippen LogP contribution in [0.3, 0.4) is 0 Å². The number of aliphatic hydroxyl groups excluding tert-OH is 3. The highest BCUT2D eigenvalue weighted by molar-refractivity contribution is 5.71. The average Bonchev–Trinajstić information content (AvgIpc) is 2.28. The lowest BCUT2D eigenvalue weighted by Crippen LogP contribution is -2.63. The zero-order valence-corrected chi connectivity index (χ0v) is 9.26. The van der Waals surface area contributed by atoms with Gasteiger partial charge in [0.15, 0.2) is 12.4 Å². The van der Waals surface area contributed by atoms with Crippen LogP contribution in [0.1, 0.15) is 6.92 Å². The van der Waals surface area contributed by atoms with Gasteiger partial charge in [0.05, 0.1) is 12.6 Å². The molecule has 6 atom stereocenters. The van der Waals surface area contributed by atoms with Crippen molar-refractivity contribution in [3.8, 4) is 0 Å². The Labute approximate surface area is 97.6 Å². The zero-order chi connectivity index (χ0) is 13.2. The number of aliphatic carboxylic acids is 1. The minimum absolute atomic E-state index is 0.535. The van der Waals surface area contributed by atoms with Crippen molar-refractivity contribution in [1.29, 1.82) is 0 Å². The molecule has 1 heterocycles. The van der Waals surface area contributed by atoms with Crippen LogP contribution in [0, 0.1) is 0 Å². The van der Waals surface area contributed by atoms with Crippen molar-refractivity contribution in [2.24, 2.45) is 5.73 Å². The van der Waals surface area contributed by atoms with Crippen LogP contribution in [-0.2, 0) is 14.3 Å². The third kappa shape index (κ3) is 3.12. The van der Waals surface area contributed by atoms with Crippen LogP contribution < -0.4 is 5.73 Å². The lowest BCUT2D eigenvalue weighted by molar-refractivity contribution is -0.262. The molecule has 0 amide bonds. The van der Waals surface area contributed by atoms with Gasteiger partial charge in [0.1, 0.15) is 18.3 Å². The Bertz CT molecular complexity index is 274. The molecule has 1 saturated heterocycles. The van der Waals surface area contributed by atoms with Crippen molar-refractivity contribution in [3.63, 3.8) is 0 Å². The molecule has 0 spiro atoms. The van der Waals surface area contributed by atoms with E-state index in [2.05, 4.69) is 0 Å². The molecule has 1 aliphatic heterocycles. The Morgan fingerprint density at radius 1 is 1.53 bits per heavy atom. The van der Waals surface area contributed by atoms with Gasteiger partial charge in [0.2, 0.25) is 0 Å². The number of nitrogens with two attached hydrogens (primary N) is 1. The van der Waals surface area contributed by atoms with Gasteiger partial charge in [-0.15, -0.1) is 0 Å². The summed E-state index contributed by atoms with van der Waals surface area (Å²) >= 11 is 0. The predicted octanol–water partition coefficient (Wildman–Crippen LogP) is -2.76. The fourth-order valence-electron chi connectivity index (χ4n) is 1.57. The lowest BCUT2D eigenvalue weighted by Gasteiger charge is -2.41. The van der Waals surface area contributed by atoms with Crippen LogP contribution in [0.4, 0.5) is 0 Å². The number of hydrogen-bond acceptors (Lipinski definition) is 7. The lowest BCUT2D eigenvalue weighted by atomic mass is 9.97. The van der Waals surface area contributed by atoms with Crippen LogP contribution in [-0.4, -0.2) is 69.8 Å². The number of rotatable bonds is 4. The summed E-state index contributed by atoms with van der Waals surface area (Å²) in [4.78, 5) is 10.6. The molecule has 0 radical (unpaired) electrons.